The van der Waals surface area contributed by atoms with Crippen molar-refractivity contribution in [3.8, 4) is 11.4 Å². The molecule has 168 valence electrons. The quantitative estimate of drug-likeness (QED) is 0.490. The Kier molecular flexibility index (Phi) is 5.85. The fraction of sp³-hybridized carbons (Fsp3) is 0.208. The lowest BCUT2D eigenvalue weighted by Crippen LogP contribution is -2.44. The van der Waals surface area contributed by atoms with Gasteiger partial charge in [-0.25, -0.2) is 9.67 Å². The van der Waals surface area contributed by atoms with Crippen LogP contribution in [0.3, 0.4) is 0 Å². The van der Waals surface area contributed by atoms with Gasteiger partial charge in [0.15, 0.2) is 5.69 Å². The molecule has 3 heterocycles. The Morgan fingerprint density at radius 2 is 1.61 bits per heavy atom. The molecular formula is C24H24ClN7O. The van der Waals surface area contributed by atoms with E-state index in [9.17, 15) is 4.79 Å². The van der Waals surface area contributed by atoms with Crippen molar-refractivity contribution in [1.29, 1.82) is 0 Å². The topological polar surface area (TPSA) is 71.2 Å². The van der Waals surface area contributed by atoms with E-state index in [1.54, 1.807) is 35.0 Å². The first-order valence-electron chi connectivity index (χ1n) is 10.8. The van der Waals surface area contributed by atoms with E-state index in [-0.39, 0.29) is 5.56 Å². The molecule has 0 amide bonds. The number of likely N-dealkylation sites (N-methyl/N-ethyl adjacent to an activating group) is 1. The maximum absolute atomic E-state index is 13.4. The maximum Gasteiger partial charge on any atom is 0.283 e. The largest absolute Gasteiger partial charge is 0.369 e. The Bertz CT molecular complexity index is 1280. The van der Waals surface area contributed by atoms with Crippen LogP contribution >= 0.6 is 11.6 Å². The molecule has 1 saturated heterocycles. The first kappa shape index (κ1) is 21.2. The van der Waals surface area contributed by atoms with Gasteiger partial charge in [-0.2, -0.15) is 5.10 Å². The van der Waals surface area contributed by atoms with Crippen LogP contribution < -0.4 is 15.8 Å². The zero-order valence-corrected chi connectivity index (χ0v) is 19.0. The first-order chi connectivity index (χ1) is 16.1. The molecular weight excluding hydrogens is 438 g/mol. The van der Waals surface area contributed by atoms with Gasteiger partial charge < -0.3 is 15.1 Å². The number of anilines is 3. The highest BCUT2D eigenvalue weighted by atomic mass is 35.5. The van der Waals surface area contributed by atoms with Gasteiger partial charge in [-0.3, -0.25) is 9.36 Å². The van der Waals surface area contributed by atoms with Crippen LogP contribution in [0, 0.1) is 0 Å². The molecule has 5 rings (SSSR count). The fourth-order valence-corrected chi connectivity index (χ4v) is 4.08. The second-order valence-corrected chi connectivity index (χ2v) is 8.47. The number of pyridine rings is 1. The third-order valence-corrected chi connectivity index (χ3v) is 6.09. The van der Waals surface area contributed by atoms with Gasteiger partial charge in [-0.05, 0) is 61.6 Å². The van der Waals surface area contributed by atoms with Crippen LogP contribution in [0.5, 0.6) is 0 Å². The number of halogens is 1. The normalized spacial score (nSPS) is 14.4. The zero-order valence-electron chi connectivity index (χ0n) is 18.2. The first-order valence-corrected chi connectivity index (χ1v) is 11.1. The summed E-state index contributed by atoms with van der Waals surface area (Å²) in [6, 6.07) is 17.3. The highest BCUT2D eigenvalue weighted by molar-refractivity contribution is 6.30. The van der Waals surface area contributed by atoms with Crippen molar-refractivity contribution < 1.29 is 0 Å². The summed E-state index contributed by atoms with van der Waals surface area (Å²) in [6.07, 6.45) is 4.67. The van der Waals surface area contributed by atoms with Gasteiger partial charge in [0.1, 0.15) is 12.7 Å². The molecule has 4 aromatic rings. The Morgan fingerprint density at radius 1 is 0.909 bits per heavy atom. The summed E-state index contributed by atoms with van der Waals surface area (Å²) in [6.45, 7) is 4.15. The molecule has 0 bridgehead atoms. The molecule has 1 aliphatic heterocycles. The second-order valence-electron chi connectivity index (χ2n) is 8.03. The van der Waals surface area contributed by atoms with E-state index in [0.717, 1.165) is 31.9 Å². The lowest BCUT2D eigenvalue weighted by Gasteiger charge is -2.34. The molecule has 0 radical (unpaired) electrons. The van der Waals surface area contributed by atoms with Crippen LogP contribution in [0.25, 0.3) is 11.4 Å². The van der Waals surface area contributed by atoms with Gasteiger partial charge in [0.05, 0.1) is 5.69 Å². The molecule has 0 aliphatic carbocycles. The van der Waals surface area contributed by atoms with Crippen LogP contribution in [0.4, 0.5) is 17.1 Å². The molecule has 1 N–H and O–H groups in total. The van der Waals surface area contributed by atoms with Crippen molar-refractivity contribution in [1.82, 2.24) is 24.2 Å². The summed E-state index contributed by atoms with van der Waals surface area (Å²) in [7, 11) is 2.15. The van der Waals surface area contributed by atoms with Gasteiger partial charge in [-0.1, -0.05) is 11.6 Å². The third-order valence-electron chi connectivity index (χ3n) is 5.83. The molecule has 33 heavy (non-hydrogen) atoms. The number of hydrogen-bond acceptors (Lipinski definition) is 6. The highest BCUT2D eigenvalue weighted by Gasteiger charge is 2.16. The summed E-state index contributed by atoms with van der Waals surface area (Å²) in [4.78, 5) is 22.2. The van der Waals surface area contributed by atoms with Gasteiger partial charge in [-0.15, -0.1) is 0 Å². The van der Waals surface area contributed by atoms with Crippen LogP contribution in [0.1, 0.15) is 0 Å². The smallest absolute Gasteiger partial charge is 0.283 e. The van der Waals surface area contributed by atoms with Crippen molar-refractivity contribution in [3.05, 3.63) is 88.8 Å². The number of piperazine rings is 1. The monoisotopic (exact) mass is 461 g/mol. The average molecular weight is 462 g/mol. The number of nitrogens with zero attached hydrogens (tertiary/aromatic N) is 6. The number of benzene rings is 2. The molecule has 2 aromatic heterocycles. The third kappa shape index (κ3) is 4.48. The number of nitrogens with one attached hydrogen (secondary N) is 1. The van der Waals surface area contributed by atoms with Crippen molar-refractivity contribution in [3.63, 3.8) is 0 Å². The predicted octanol–water partition coefficient (Wildman–Crippen LogP) is 3.57. The minimum absolute atomic E-state index is 0.220. The molecule has 1 fully saturated rings. The van der Waals surface area contributed by atoms with E-state index in [0.29, 0.717) is 22.1 Å². The summed E-state index contributed by atoms with van der Waals surface area (Å²) in [5, 5.41) is 8.19. The molecule has 2 aromatic carbocycles. The molecule has 0 atom stereocenters. The average Bonchev–Trinajstić information content (AvgIpc) is 3.36. The summed E-state index contributed by atoms with van der Waals surface area (Å²) >= 11 is 6.01. The van der Waals surface area contributed by atoms with Crippen molar-refractivity contribution in [2.45, 2.75) is 0 Å². The van der Waals surface area contributed by atoms with Crippen LogP contribution in [0.2, 0.25) is 5.02 Å². The van der Waals surface area contributed by atoms with E-state index in [1.807, 2.05) is 18.2 Å². The summed E-state index contributed by atoms with van der Waals surface area (Å²) in [5.74, 6) is 0. The van der Waals surface area contributed by atoms with Crippen molar-refractivity contribution >= 4 is 28.7 Å². The molecule has 1 aliphatic rings. The standard InChI is InChI=1S/C24H24ClN7O/c1-29-12-14-30(15-13-29)20-8-4-19(5-9-20)28-22-10-11-31(21-6-2-18(25)3-7-21)24(33)23(22)32-17-26-16-27-32/h2-11,16-17,28H,12-15H2,1H3. The lowest BCUT2D eigenvalue weighted by atomic mass is 10.2. The van der Waals surface area contributed by atoms with Gasteiger partial charge in [0.2, 0.25) is 0 Å². The molecule has 8 nitrogen and oxygen atoms in total. The Morgan fingerprint density at radius 3 is 2.27 bits per heavy atom. The summed E-state index contributed by atoms with van der Waals surface area (Å²) in [5.41, 5.74) is 3.60. The highest BCUT2D eigenvalue weighted by Crippen LogP contribution is 2.25. The van der Waals surface area contributed by atoms with Gasteiger partial charge in [0.25, 0.3) is 5.56 Å². The van der Waals surface area contributed by atoms with E-state index >= 15 is 0 Å². The number of hydrogen-bond donors (Lipinski definition) is 1. The molecule has 9 heteroatoms. The molecule has 0 saturated carbocycles. The van der Waals surface area contributed by atoms with Gasteiger partial charge in [0, 0.05) is 54.5 Å². The minimum atomic E-state index is -0.220. The predicted molar refractivity (Wildman–Crippen MR) is 131 cm³/mol. The maximum atomic E-state index is 13.4. The van der Waals surface area contributed by atoms with Crippen LogP contribution in [0.15, 0.2) is 78.2 Å². The van der Waals surface area contributed by atoms with E-state index in [2.05, 4.69) is 44.4 Å². The van der Waals surface area contributed by atoms with E-state index < -0.39 is 0 Å². The number of rotatable bonds is 5. The lowest BCUT2D eigenvalue weighted by molar-refractivity contribution is 0.313. The van der Waals surface area contributed by atoms with Gasteiger partial charge >= 0.3 is 0 Å². The molecule has 0 spiro atoms. The Labute approximate surface area is 196 Å². The van der Waals surface area contributed by atoms with Crippen molar-refractivity contribution in [2.75, 3.05) is 43.4 Å². The van der Waals surface area contributed by atoms with Crippen LogP contribution in [-0.4, -0.2) is 57.5 Å². The van der Waals surface area contributed by atoms with E-state index in [4.69, 9.17) is 11.6 Å². The van der Waals surface area contributed by atoms with Crippen LogP contribution in [-0.2, 0) is 0 Å². The minimum Gasteiger partial charge on any atom is -0.369 e. The fourth-order valence-electron chi connectivity index (χ4n) is 3.95. The Balaban J connectivity index is 1.46. The summed E-state index contributed by atoms with van der Waals surface area (Å²) < 4.78 is 3.05. The van der Waals surface area contributed by atoms with Crippen molar-refractivity contribution in [2.24, 2.45) is 0 Å². The molecule has 0 unspecified atom stereocenters. The second kappa shape index (κ2) is 9.09. The number of aromatic nitrogens is 4. The van der Waals surface area contributed by atoms with E-state index in [1.165, 1.54) is 23.0 Å². The zero-order chi connectivity index (χ0) is 22.8. The Hall–Kier alpha value is -3.62. The SMILES string of the molecule is CN1CCN(c2ccc(Nc3ccn(-c4ccc(Cl)cc4)c(=O)c3-n3cncn3)cc2)CC1.